The fourth-order valence-electron chi connectivity index (χ4n) is 1.15. The Morgan fingerprint density at radius 2 is 2.19 bits per heavy atom. The monoisotopic (exact) mass is 242 g/mol. The van der Waals surface area contributed by atoms with Crippen molar-refractivity contribution in [2.75, 3.05) is 27.2 Å². The fourth-order valence-corrected chi connectivity index (χ4v) is 1.36. The number of benzene rings is 1. The van der Waals surface area contributed by atoms with E-state index in [1.165, 1.54) is 18.2 Å². The molecule has 0 unspecified atom stereocenters. The van der Waals surface area contributed by atoms with Crippen LogP contribution in [0.4, 0.5) is 4.39 Å². The van der Waals surface area contributed by atoms with Gasteiger partial charge >= 0.3 is 0 Å². The molecule has 0 bridgehead atoms. The summed E-state index contributed by atoms with van der Waals surface area (Å²) in [6.07, 6.45) is 0. The zero-order valence-electron chi connectivity index (χ0n) is 9.33. The zero-order chi connectivity index (χ0) is 12.1. The number of carbonyl (C=O) groups excluding carboxylic acids is 1. The minimum absolute atomic E-state index is 0.181. The number of nitrogens with one attached hydrogen (secondary N) is 1. The first-order valence-corrected chi connectivity index (χ1v) is 5.37. The Balaban J connectivity index is 2.56. The summed E-state index contributed by atoms with van der Waals surface area (Å²) in [6.45, 7) is 1.33. The van der Waals surface area contributed by atoms with E-state index in [4.69, 9.17) is 0 Å². The summed E-state index contributed by atoms with van der Waals surface area (Å²) in [5.74, 6) is -0.634. The van der Waals surface area contributed by atoms with Crippen LogP contribution < -0.4 is 5.32 Å². The minimum atomic E-state index is -0.423. The first kappa shape index (κ1) is 13.0. The third-order valence-corrected chi connectivity index (χ3v) is 2.40. The third-order valence-electron chi connectivity index (χ3n) is 2.05. The molecule has 16 heavy (non-hydrogen) atoms. The second kappa shape index (κ2) is 5.86. The molecular weight excluding hydrogens is 227 g/mol. The van der Waals surface area contributed by atoms with Crippen molar-refractivity contribution in [2.45, 2.75) is 4.90 Å². The van der Waals surface area contributed by atoms with Crippen LogP contribution in [0.25, 0.3) is 0 Å². The average Bonchev–Trinajstić information content (AvgIpc) is 2.21. The maximum absolute atomic E-state index is 12.9. The molecule has 1 rings (SSSR count). The second-order valence-electron chi connectivity index (χ2n) is 3.73. The summed E-state index contributed by atoms with van der Waals surface area (Å²) in [4.78, 5) is 13.8. The van der Waals surface area contributed by atoms with E-state index in [1.54, 1.807) is 0 Å². The lowest BCUT2D eigenvalue weighted by Crippen LogP contribution is -2.31. The van der Waals surface area contributed by atoms with Crippen molar-refractivity contribution in [2.24, 2.45) is 0 Å². The van der Waals surface area contributed by atoms with Crippen molar-refractivity contribution in [3.8, 4) is 0 Å². The number of halogens is 1. The summed E-state index contributed by atoms with van der Waals surface area (Å²) in [5, 5.41) is 2.74. The van der Waals surface area contributed by atoms with Gasteiger partial charge in [-0.2, -0.15) is 0 Å². The van der Waals surface area contributed by atoms with Crippen LogP contribution in [0.15, 0.2) is 23.1 Å². The van der Waals surface area contributed by atoms with Gasteiger partial charge in [-0.25, -0.2) is 4.39 Å². The molecule has 0 aliphatic carbocycles. The van der Waals surface area contributed by atoms with Gasteiger partial charge in [0.25, 0.3) is 5.91 Å². The molecular formula is C11H15FN2OS. The molecule has 1 aromatic rings. The van der Waals surface area contributed by atoms with E-state index in [1.807, 2.05) is 19.0 Å². The highest BCUT2D eigenvalue weighted by molar-refractivity contribution is 7.80. The standard InChI is InChI=1S/C11H15FN2OS/c1-14(2)6-5-13-11(15)8-3-4-9(12)10(16)7-8/h3-4,7,16H,5-6H2,1-2H3,(H,13,15). The molecule has 0 saturated heterocycles. The van der Waals surface area contributed by atoms with Crippen molar-refractivity contribution >= 4 is 18.5 Å². The average molecular weight is 242 g/mol. The molecule has 1 amide bonds. The van der Waals surface area contributed by atoms with Crippen LogP contribution in [0.2, 0.25) is 0 Å². The van der Waals surface area contributed by atoms with Gasteiger partial charge in [-0.1, -0.05) is 0 Å². The quantitative estimate of drug-likeness (QED) is 0.782. The van der Waals surface area contributed by atoms with Gasteiger partial charge in [0.05, 0.1) is 0 Å². The van der Waals surface area contributed by atoms with Crippen molar-refractivity contribution < 1.29 is 9.18 Å². The lowest BCUT2D eigenvalue weighted by molar-refractivity contribution is 0.0951. The molecule has 0 fully saturated rings. The van der Waals surface area contributed by atoms with Gasteiger partial charge in [0.2, 0.25) is 0 Å². The summed E-state index contributed by atoms with van der Waals surface area (Å²) in [7, 11) is 3.85. The van der Waals surface area contributed by atoms with Crippen molar-refractivity contribution in [1.82, 2.24) is 10.2 Å². The maximum atomic E-state index is 12.9. The normalized spacial score (nSPS) is 10.6. The molecule has 0 aromatic heterocycles. The molecule has 0 aliphatic rings. The molecule has 0 atom stereocenters. The Morgan fingerprint density at radius 3 is 2.75 bits per heavy atom. The smallest absolute Gasteiger partial charge is 0.251 e. The number of rotatable bonds is 4. The van der Waals surface area contributed by atoms with Crippen LogP contribution in [0.3, 0.4) is 0 Å². The largest absolute Gasteiger partial charge is 0.351 e. The summed E-state index contributed by atoms with van der Waals surface area (Å²) < 4.78 is 12.9. The Kier molecular flexibility index (Phi) is 4.76. The van der Waals surface area contributed by atoms with Crippen molar-refractivity contribution in [1.29, 1.82) is 0 Å². The predicted octanol–water partition coefficient (Wildman–Crippen LogP) is 1.41. The number of hydrogen-bond acceptors (Lipinski definition) is 3. The third kappa shape index (κ3) is 3.83. The number of thiol groups is 1. The van der Waals surface area contributed by atoms with Gasteiger partial charge in [-0.05, 0) is 32.3 Å². The summed E-state index contributed by atoms with van der Waals surface area (Å²) in [5.41, 5.74) is 0.421. The van der Waals surface area contributed by atoms with Crippen LogP contribution in [0, 0.1) is 5.82 Å². The molecule has 0 radical (unpaired) electrons. The molecule has 1 N–H and O–H groups in total. The number of likely N-dealkylation sites (N-methyl/N-ethyl adjacent to an activating group) is 1. The zero-order valence-corrected chi connectivity index (χ0v) is 10.2. The SMILES string of the molecule is CN(C)CCNC(=O)c1ccc(F)c(S)c1. The molecule has 88 valence electrons. The van der Waals surface area contributed by atoms with Gasteiger partial charge in [-0.3, -0.25) is 4.79 Å². The van der Waals surface area contributed by atoms with E-state index in [0.29, 0.717) is 12.1 Å². The van der Waals surface area contributed by atoms with Gasteiger partial charge in [-0.15, -0.1) is 12.6 Å². The summed E-state index contributed by atoms with van der Waals surface area (Å²) in [6, 6.07) is 4.10. The topological polar surface area (TPSA) is 32.3 Å². The molecule has 0 saturated carbocycles. The van der Waals surface area contributed by atoms with Crippen molar-refractivity contribution in [3.05, 3.63) is 29.6 Å². The number of nitrogens with zero attached hydrogens (tertiary/aromatic N) is 1. The maximum Gasteiger partial charge on any atom is 0.251 e. The van der Waals surface area contributed by atoms with E-state index < -0.39 is 5.82 Å². The first-order chi connectivity index (χ1) is 7.50. The van der Waals surface area contributed by atoms with Gasteiger partial charge in [0.15, 0.2) is 0 Å². The Hall–Kier alpha value is -1.07. The predicted molar refractivity (Wildman–Crippen MR) is 64.5 cm³/mol. The van der Waals surface area contributed by atoms with Crippen LogP contribution in [-0.2, 0) is 0 Å². The highest BCUT2D eigenvalue weighted by Gasteiger charge is 2.07. The lowest BCUT2D eigenvalue weighted by Gasteiger charge is -2.10. The van der Waals surface area contributed by atoms with E-state index >= 15 is 0 Å². The Labute approximate surface area is 100 Å². The Morgan fingerprint density at radius 1 is 1.50 bits per heavy atom. The van der Waals surface area contributed by atoms with Gasteiger partial charge in [0, 0.05) is 23.5 Å². The Bertz CT molecular complexity index is 382. The highest BCUT2D eigenvalue weighted by Crippen LogP contribution is 2.13. The molecule has 0 heterocycles. The van der Waals surface area contributed by atoms with E-state index in [9.17, 15) is 9.18 Å². The number of amides is 1. The fraction of sp³-hybridized carbons (Fsp3) is 0.364. The van der Waals surface area contributed by atoms with Crippen LogP contribution in [0.1, 0.15) is 10.4 Å². The number of carbonyl (C=O) groups is 1. The van der Waals surface area contributed by atoms with Crippen LogP contribution in [-0.4, -0.2) is 38.0 Å². The summed E-state index contributed by atoms with van der Waals surface area (Å²) >= 11 is 3.92. The highest BCUT2D eigenvalue weighted by atomic mass is 32.1. The number of hydrogen-bond donors (Lipinski definition) is 2. The van der Waals surface area contributed by atoms with Crippen LogP contribution >= 0.6 is 12.6 Å². The second-order valence-corrected chi connectivity index (χ2v) is 4.21. The van der Waals surface area contributed by atoms with Gasteiger partial charge < -0.3 is 10.2 Å². The molecule has 0 aliphatic heterocycles. The molecule has 3 nitrogen and oxygen atoms in total. The van der Waals surface area contributed by atoms with E-state index in [-0.39, 0.29) is 10.8 Å². The minimum Gasteiger partial charge on any atom is -0.351 e. The lowest BCUT2D eigenvalue weighted by atomic mass is 10.2. The molecule has 1 aromatic carbocycles. The van der Waals surface area contributed by atoms with Crippen LogP contribution in [0.5, 0.6) is 0 Å². The molecule has 5 heteroatoms. The van der Waals surface area contributed by atoms with E-state index in [0.717, 1.165) is 6.54 Å². The van der Waals surface area contributed by atoms with E-state index in [2.05, 4.69) is 17.9 Å². The first-order valence-electron chi connectivity index (χ1n) is 4.92. The van der Waals surface area contributed by atoms with Crippen molar-refractivity contribution in [3.63, 3.8) is 0 Å². The van der Waals surface area contributed by atoms with Gasteiger partial charge in [0.1, 0.15) is 5.82 Å². The molecule has 0 spiro atoms.